The van der Waals surface area contributed by atoms with Crippen molar-refractivity contribution >= 4 is 5.78 Å². The van der Waals surface area contributed by atoms with Crippen molar-refractivity contribution in [2.24, 2.45) is 0 Å². The zero-order valence-electron chi connectivity index (χ0n) is 12.2. The number of ether oxygens (including phenoxy) is 2. The van der Waals surface area contributed by atoms with Gasteiger partial charge in [0.05, 0.1) is 12.8 Å². The van der Waals surface area contributed by atoms with Gasteiger partial charge in [0.15, 0.2) is 5.78 Å². The highest BCUT2D eigenvalue weighted by molar-refractivity contribution is 6.02. The van der Waals surface area contributed by atoms with Gasteiger partial charge in [-0.3, -0.25) is 9.78 Å². The lowest BCUT2D eigenvalue weighted by Gasteiger charge is -2.28. The van der Waals surface area contributed by atoms with Gasteiger partial charge < -0.3 is 9.47 Å². The van der Waals surface area contributed by atoms with Crippen LogP contribution < -0.4 is 4.74 Å². The van der Waals surface area contributed by atoms with Gasteiger partial charge in [-0.2, -0.15) is 0 Å². The molecule has 0 aliphatic heterocycles. The largest absolute Gasteiger partial charge is 0.492 e. The van der Waals surface area contributed by atoms with E-state index in [2.05, 4.69) is 4.98 Å². The molecule has 0 aliphatic carbocycles. The van der Waals surface area contributed by atoms with E-state index in [4.69, 9.17) is 9.47 Å². The Bertz CT molecular complexity index is 405. The number of carbonyl (C=O) groups excluding carboxylic acids is 1. The standard InChI is InChI=1S/C15H23NO3/c1-5-8-19-13-9-12(10-16-11-13)14(17)15(6-2,7-3)18-4/h9-11H,5-8H2,1-4H3. The molecule has 1 aromatic rings. The van der Waals surface area contributed by atoms with E-state index in [1.165, 1.54) is 0 Å². The topological polar surface area (TPSA) is 48.4 Å². The van der Waals surface area contributed by atoms with E-state index < -0.39 is 5.60 Å². The maximum atomic E-state index is 12.6. The molecule has 1 heterocycles. The minimum atomic E-state index is -0.759. The Labute approximate surface area is 115 Å². The lowest BCUT2D eigenvalue weighted by Crippen LogP contribution is -2.39. The highest BCUT2D eigenvalue weighted by Gasteiger charge is 2.35. The third-order valence-corrected chi connectivity index (χ3v) is 3.39. The summed E-state index contributed by atoms with van der Waals surface area (Å²) in [4.78, 5) is 16.6. The van der Waals surface area contributed by atoms with Gasteiger partial charge in [0, 0.05) is 18.9 Å². The number of Topliss-reactive ketones (excluding diaryl/α,β-unsaturated/α-hetero) is 1. The molecule has 0 unspecified atom stereocenters. The highest BCUT2D eigenvalue weighted by Crippen LogP contribution is 2.26. The Morgan fingerprint density at radius 2 is 1.95 bits per heavy atom. The number of nitrogens with zero attached hydrogens (tertiary/aromatic N) is 1. The molecular weight excluding hydrogens is 242 g/mol. The number of methoxy groups -OCH3 is 1. The molecule has 106 valence electrons. The van der Waals surface area contributed by atoms with E-state index in [-0.39, 0.29) is 5.78 Å². The molecule has 4 nitrogen and oxygen atoms in total. The van der Waals surface area contributed by atoms with Crippen LogP contribution in [0.25, 0.3) is 0 Å². The summed E-state index contributed by atoms with van der Waals surface area (Å²) >= 11 is 0. The van der Waals surface area contributed by atoms with Crippen molar-refractivity contribution in [1.82, 2.24) is 4.98 Å². The van der Waals surface area contributed by atoms with Crippen LogP contribution in [0.2, 0.25) is 0 Å². The highest BCUT2D eigenvalue weighted by atomic mass is 16.5. The molecule has 0 aliphatic rings. The van der Waals surface area contributed by atoms with Crippen LogP contribution >= 0.6 is 0 Å². The first kappa shape index (κ1) is 15.6. The molecule has 19 heavy (non-hydrogen) atoms. The number of pyridine rings is 1. The summed E-state index contributed by atoms with van der Waals surface area (Å²) in [5.41, 5.74) is -0.218. The van der Waals surface area contributed by atoms with Gasteiger partial charge in [-0.1, -0.05) is 20.8 Å². The normalized spacial score (nSPS) is 11.4. The molecule has 0 fully saturated rings. The van der Waals surface area contributed by atoms with Crippen molar-refractivity contribution in [2.75, 3.05) is 13.7 Å². The van der Waals surface area contributed by atoms with Crippen molar-refractivity contribution in [2.45, 2.75) is 45.6 Å². The van der Waals surface area contributed by atoms with E-state index in [9.17, 15) is 4.79 Å². The van der Waals surface area contributed by atoms with E-state index in [0.29, 0.717) is 30.8 Å². The third-order valence-electron chi connectivity index (χ3n) is 3.39. The Balaban J connectivity index is 2.98. The maximum Gasteiger partial charge on any atom is 0.196 e. The lowest BCUT2D eigenvalue weighted by atomic mass is 9.88. The molecule has 0 N–H and O–H groups in total. The molecule has 1 rings (SSSR count). The molecule has 0 aromatic carbocycles. The van der Waals surface area contributed by atoms with Crippen LogP contribution in [0.4, 0.5) is 0 Å². The fraction of sp³-hybridized carbons (Fsp3) is 0.600. The summed E-state index contributed by atoms with van der Waals surface area (Å²) in [5, 5.41) is 0. The molecule has 0 saturated heterocycles. The van der Waals surface area contributed by atoms with Gasteiger partial charge in [-0.05, 0) is 25.3 Å². The number of hydrogen-bond acceptors (Lipinski definition) is 4. The summed E-state index contributed by atoms with van der Waals surface area (Å²) in [6.45, 7) is 6.56. The van der Waals surface area contributed by atoms with Gasteiger partial charge in [0.1, 0.15) is 11.4 Å². The maximum absolute atomic E-state index is 12.6. The summed E-state index contributed by atoms with van der Waals surface area (Å²) in [5.74, 6) is 0.597. The van der Waals surface area contributed by atoms with E-state index >= 15 is 0 Å². The number of carbonyl (C=O) groups is 1. The number of hydrogen-bond donors (Lipinski definition) is 0. The average Bonchev–Trinajstić information content (AvgIpc) is 2.47. The predicted molar refractivity (Wildman–Crippen MR) is 74.7 cm³/mol. The second-order valence-corrected chi connectivity index (χ2v) is 4.49. The smallest absolute Gasteiger partial charge is 0.196 e. The fourth-order valence-electron chi connectivity index (χ4n) is 2.06. The van der Waals surface area contributed by atoms with Crippen molar-refractivity contribution in [3.8, 4) is 5.75 Å². The van der Waals surface area contributed by atoms with Crippen LogP contribution in [0, 0.1) is 0 Å². The molecule has 0 amide bonds. The Kier molecular flexibility index (Phi) is 5.96. The molecule has 0 bridgehead atoms. The Morgan fingerprint density at radius 3 is 2.47 bits per heavy atom. The van der Waals surface area contributed by atoms with Crippen LogP contribution in [0.1, 0.15) is 50.4 Å². The van der Waals surface area contributed by atoms with E-state index in [1.54, 1.807) is 25.6 Å². The molecule has 1 aromatic heterocycles. The quantitative estimate of drug-likeness (QED) is 0.677. The molecule has 0 spiro atoms. The van der Waals surface area contributed by atoms with Gasteiger partial charge in [-0.15, -0.1) is 0 Å². The van der Waals surface area contributed by atoms with Crippen LogP contribution in [-0.2, 0) is 4.74 Å². The zero-order valence-corrected chi connectivity index (χ0v) is 12.2. The molecule has 0 atom stereocenters. The predicted octanol–water partition coefficient (Wildman–Crippen LogP) is 3.26. The van der Waals surface area contributed by atoms with E-state index in [1.807, 2.05) is 20.8 Å². The number of aromatic nitrogens is 1. The van der Waals surface area contributed by atoms with Crippen molar-refractivity contribution in [3.05, 3.63) is 24.0 Å². The number of ketones is 1. The minimum Gasteiger partial charge on any atom is -0.492 e. The molecular formula is C15H23NO3. The summed E-state index contributed by atoms with van der Waals surface area (Å²) in [6, 6.07) is 1.74. The van der Waals surface area contributed by atoms with Crippen LogP contribution in [0.3, 0.4) is 0 Å². The average molecular weight is 265 g/mol. The van der Waals surface area contributed by atoms with Gasteiger partial charge in [0.2, 0.25) is 0 Å². The number of rotatable bonds is 8. The molecule has 4 heteroatoms. The Hall–Kier alpha value is -1.42. The summed E-state index contributed by atoms with van der Waals surface area (Å²) < 4.78 is 11.0. The first-order valence-corrected chi connectivity index (χ1v) is 6.81. The fourth-order valence-corrected chi connectivity index (χ4v) is 2.06. The third kappa shape index (κ3) is 3.53. The van der Waals surface area contributed by atoms with Gasteiger partial charge in [0.25, 0.3) is 0 Å². The summed E-state index contributed by atoms with van der Waals surface area (Å²) in [6.07, 6.45) is 5.39. The SMILES string of the molecule is CCCOc1cncc(C(=O)C(CC)(CC)OC)c1. The van der Waals surface area contributed by atoms with Crippen LogP contribution in [-0.4, -0.2) is 30.1 Å². The van der Waals surface area contributed by atoms with Crippen molar-refractivity contribution < 1.29 is 14.3 Å². The first-order chi connectivity index (χ1) is 9.13. The zero-order chi connectivity index (χ0) is 14.3. The second-order valence-electron chi connectivity index (χ2n) is 4.49. The summed E-state index contributed by atoms with van der Waals surface area (Å²) in [7, 11) is 1.58. The van der Waals surface area contributed by atoms with Crippen molar-refractivity contribution in [3.63, 3.8) is 0 Å². The minimum absolute atomic E-state index is 0.0329. The molecule has 0 saturated carbocycles. The first-order valence-electron chi connectivity index (χ1n) is 6.81. The van der Waals surface area contributed by atoms with Crippen LogP contribution in [0.5, 0.6) is 5.75 Å². The van der Waals surface area contributed by atoms with E-state index in [0.717, 1.165) is 6.42 Å². The Morgan fingerprint density at radius 1 is 1.26 bits per heavy atom. The van der Waals surface area contributed by atoms with Crippen molar-refractivity contribution in [1.29, 1.82) is 0 Å². The lowest BCUT2D eigenvalue weighted by molar-refractivity contribution is -0.00266. The second kappa shape index (κ2) is 7.24. The van der Waals surface area contributed by atoms with Gasteiger partial charge >= 0.3 is 0 Å². The monoisotopic (exact) mass is 265 g/mol. The molecule has 0 radical (unpaired) electrons. The van der Waals surface area contributed by atoms with Crippen LogP contribution in [0.15, 0.2) is 18.5 Å². The van der Waals surface area contributed by atoms with Gasteiger partial charge in [-0.25, -0.2) is 0 Å².